The minimum absolute atomic E-state index is 0.203. The summed E-state index contributed by atoms with van der Waals surface area (Å²) < 4.78 is 19.6. The summed E-state index contributed by atoms with van der Waals surface area (Å²) in [6.07, 6.45) is 0.406. The van der Waals surface area contributed by atoms with Gasteiger partial charge in [-0.2, -0.15) is 5.26 Å². The van der Waals surface area contributed by atoms with Gasteiger partial charge in [0.25, 0.3) is 0 Å². The Bertz CT molecular complexity index is 483. The van der Waals surface area contributed by atoms with Crippen molar-refractivity contribution in [2.75, 3.05) is 6.61 Å². The normalized spacial score (nSPS) is 12.2. The fourth-order valence-electron chi connectivity index (χ4n) is 1.38. The van der Waals surface area contributed by atoms with Gasteiger partial charge in [0.2, 0.25) is 0 Å². The highest BCUT2D eigenvalue weighted by Crippen LogP contribution is 2.11. The predicted octanol–water partition coefficient (Wildman–Crippen LogP) is 3.97. The lowest BCUT2D eigenvalue weighted by Gasteiger charge is -2.04. The van der Waals surface area contributed by atoms with Crippen LogP contribution in [0.5, 0.6) is 0 Å². The molecule has 18 heavy (non-hydrogen) atoms. The number of nitrogens with zero attached hydrogens (tertiary/aromatic N) is 1. The van der Waals surface area contributed by atoms with Crippen molar-refractivity contribution in [2.45, 2.75) is 32.1 Å². The molecule has 0 spiro atoms. The molecule has 96 valence electrons. The van der Waals surface area contributed by atoms with Crippen molar-refractivity contribution < 1.29 is 12.3 Å². The molecule has 3 nitrogen and oxygen atoms in total. The molecule has 0 radical (unpaired) electrons. The van der Waals surface area contributed by atoms with Gasteiger partial charge in [0, 0.05) is 14.1 Å². The molecule has 0 amide bonds. The maximum Gasteiger partial charge on any atom is 0.338 e. The molecule has 0 N–H and O–H groups in total. The van der Waals surface area contributed by atoms with Crippen LogP contribution in [0.2, 0.25) is 5.02 Å². The van der Waals surface area contributed by atoms with E-state index in [0.29, 0.717) is 23.4 Å². The van der Waals surface area contributed by atoms with Gasteiger partial charge in [-0.15, -0.1) is 0 Å². The largest absolute Gasteiger partial charge is 0.462 e. The van der Waals surface area contributed by atoms with E-state index in [0.717, 1.165) is 6.42 Å². The summed E-state index contributed by atoms with van der Waals surface area (Å²) in [6, 6.07) is 8.07. The van der Waals surface area contributed by atoms with Gasteiger partial charge in [0.15, 0.2) is 0 Å². The Kier molecular flexibility index (Phi) is 5.48. The van der Waals surface area contributed by atoms with Crippen LogP contribution in [-0.4, -0.2) is 12.6 Å². The molecule has 0 heterocycles. The molecule has 0 fully saturated rings. The SMILES string of the molecule is [2H]C([2H])(C#N)CCCCCOC(=O)c1ccc(Cl)cc1. The Morgan fingerprint density at radius 3 is 2.61 bits per heavy atom. The topological polar surface area (TPSA) is 50.1 Å². The van der Waals surface area contributed by atoms with Crippen LogP contribution in [0.4, 0.5) is 0 Å². The lowest BCUT2D eigenvalue weighted by Crippen LogP contribution is -2.06. The van der Waals surface area contributed by atoms with E-state index in [1.54, 1.807) is 30.3 Å². The number of esters is 1. The van der Waals surface area contributed by atoms with E-state index < -0.39 is 12.3 Å². The van der Waals surface area contributed by atoms with Crippen LogP contribution in [0.3, 0.4) is 0 Å². The second-order valence-electron chi connectivity index (χ2n) is 3.74. The van der Waals surface area contributed by atoms with Crippen molar-refractivity contribution in [3.8, 4) is 6.07 Å². The third-order valence-electron chi connectivity index (χ3n) is 2.34. The van der Waals surface area contributed by atoms with E-state index in [9.17, 15) is 4.79 Å². The van der Waals surface area contributed by atoms with Gasteiger partial charge in [0.05, 0.1) is 18.2 Å². The van der Waals surface area contributed by atoms with E-state index in [2.05, 4.69) is 0 Å². The van der Waals surface area contributed by atoms with Crippen LogP contribution in [0.15, 0.2) is 24.3 Å². The number of nitriles is 1. The molecule has 0 aromatic heterocycles. The molecule has 1 aromatic carbocycles. The zero-order valence-corrected chi connectivity index (χ0v) is 10.7. The minimum Gasteiger partial charge on any atom is -0.462 e. The van der Waals surface area contributed by atoms with Gasteiger partial charge in [-0.1, -0.05) is 24.4 Å². The standard InChI is InChI=1S/C14H16ClNO2/c15-13-8-6-12(7-9-13)14(17)18-11-5-3-1-2-4-10-16/h6-9H,1-5,11H2/i4D2. The van der Waals surface area contributed by atoms with Crippen molar-refractivity contribution in [3.63, 3.8) is 0 Å². The van der Waals surface area contributed by atoms with Crippen molar-refractivity contribution in [2.24, 2.45) is 0 Å². The highest BCUT2D eigenvalue weighted by Gasteiger charge is 2.05. The molecule has 4 heteroatoms. The van der Waals surface area contributed by atoms with E-state index in [4.69, 9.17) is 24.3 Å². The Hall–Kier alpha value is -1.53. The maximum absolute atomic E-state index is 11.6. The van der Waals surface area contributed by atoms with Gasteiger partial charge in [-0.05, 0) is 37.1 Å². The monoisotopic (exact) mass is 267 g/mol. The zero-order chi connectivity index (χ0) is 15.0. The van der Waals surface area contributed by atoms with Gasteiger partial charge < -0.3 is 4.74 Å². The number of benzene rings is 1. The summed E-state index contributed by atoms with van der Waals surface area (Å²) in [6.45, 7) is 0.289. The average Bonchev–Trinajstić information content (AvgIpc) is 2.43. The number of unbranched alkanes of at least 4 members (excludes halogenated alkanes) is 2. The van der Waals surface area contributed by atoms with Crippen molar-refractivity contribution in [1.82, 2.24) is 0 Å². The number of hydrogen-bond acceptors (Lipinski definition) is 3. The van der Waals surface area contributed by atoms with Crippen LogP contribution >= 0.6 is 11.6 Å². The number of ether oxygens (including phenoxy) is 1. The highest BCUT2D eigenvalue weighted by molar-refractivity contribution is 6.30. The first-order valence-corrected chi connectivity index (χ1v) is 6.16. The zero-order valence-electron chi connectivity index (χ0n) is 12.0. The predicted molar refractivity (Wildman–Crippen MR) is 70.4 cm³/mol. The highest BCUT2D eigenvalue weighted by atomic mass is 35.5. The summed E-state index contributed by atoms with van der Waals surface area (Å²) in [5.41, 5.74) is 0.454. The third-order valence-corrected chi connectivity index (χ3v) is 2.59. The molecule has 0 aliphatic heterocycles. The number of hydrogen-bond donors (Lipinski definition) is 0. The second-order valence-corrected chi connectivity index (χ2v) is 4.18. The molecule has 1 aromatic rings. The van der Waals surface area contributed by atoms with Gasteiger partial charge in [-0.25, -0.2) is 4.79 Å². The molecular formula is C14H16ClNO2. The summed E-state index contributed by atoms with van der Waals surface area (Å²) in [4.78, 5) is 11.6. The number of carbonyl (C=O) groups excluding carboxylic acids is 1. The third kappa shape index (κ3) is 5.70. The summed E-state index contributed by atoms with van der Waals surface area (Å²) in [5.74, 6) is -0.394. The van der Waals surface area contributed by atoms with Crippen molar-refractivity contribution in [3.05, 3.63) is 34.9 Å². The molecule has 0 saturated carbocycles. The summed E-state index contributed by atoms with van der Waals surface area (Å²) in [7, 11) is 0. The van der Waals surface area contributed by atoms with Crippen molar-refractivity contribution in [1.29, 1.82) is 5.26 Å². The molecule has 0 unspecified atom stereocenters. The van der Waals surface area contributed by atoms with E-state index in [1.165, 1.54) is 0 Å². The Labute approximate surface area is 115 Å². The first kappa shape index (κ1) is 11.6. The van der Waals surface area contributed by atoms with Crippen LogP contribution in [0.25, 0.3) is 0 Å². The number of carbonyl (C=O) groups is 1. The fourth-order valence-corrected chi connectivity index (χ4v) is 1.51. The molecule has 0 saturated heterocycles. The Morgan fingerprint density at radius 1 is 1.28 bits per heavy atom. The van der Waals surface area contributed by atoms with Crippen molar-refractivity contribution >= 4 is 17.6 Å². The molecule has 0 aliphatic carbocycles. The van der Waals surface area contributed by atoms with Crippen LogP contribution in [-0.2, 0) is 4.74 Å². The average molecular weight is 268 g/mol. The van der Waals surface area contributed by atoms with Gasteiger partial charge in [0.1, 0.15) is 0 Å². The second kappa shape index (κ2) is 8.54. The first-order valence-electron chi connectivity index (χ1n) is 6.78. The Balaban J connectivity index is 2.17. The molecule has 0 aliphatic rings. The smallest absolute Gasteiger partial charge is 0.338 e. The lowest BCUT2D eigenvalue weighted by molar-refractivity contribution is 0.0498. The minimum atomic E-state index is -1.76. The van der Waals surface area contributed by atoms with E-state index in [-0.39, 0.29) is 13.0 Å². The van der Waals surface area contributed by atoms with E-state index in [1.807, 2.05) is 0 Å². The maximum atomic E-state index is 11.6. The molecule has 1 rings (SSSR count). The van der Waals surface area contributed by atoms with Crippen LogP contribution in [0.1, 0.15) is 45.2 Å². The van der Waals surface area contributed by atoms with Gasteiger partial charge in [-0.3, -0.25) is 0 Å². The number of halogens is 1. The number of rotatable bonds is 7. The Morgan fingerprint density at radius 2 is 1.94 bits per heavy atom. The summed E-state index contributed by atoms with van der Waals surface area (Å²) in [5, 5.41) is 9.07. The lowest BCUT2D eigenvalue weighted by atomic mass is 10.1. The molecule has 0 bridgehead atoms. The van der Waals surface area contributed by atoms with Crippen LogP contribution < -0.4 is 0 Å². The molecular weight excluding hydrogens is 250 g/mol. The van der Waals surface area contributed by atoms with Gasteiger partial charge >= 0.3 is 5.97 Å². The van der Waals surface area contributed by atoms with E-state index >= 15 is 0 Å². The quantitative estimate of drug-likeness (QED) is 0.555. The summed E-state index contributed by atoms with van der Waals surface area (Å²) >= 11 is 5.72. The van der Waals surface area contributed by atoms with Crippen LogP contribution in [0, 0.1) is 11.3 Å². The molecule has 0 atom stereocenters. The fraction of sp³-hybridized carbons (Fsp3) is 0.429. The first-order chi connectivity index (χ1) is 9.44.